The van der Waals surface area contributed by atoms with Crippen LogP contribution in [0.3, 0.4) is 0 Å². The van der Waals surface area contributed by atoms with Gasteiger partial charge in [0, 0.05) is 62.3 Å². The zero-order chi connectivity index (χ0) is 35.4. The van der Waals surface area contributed by atoms with Gasteiger partial charge in [0.05, 0.1) is 29.8 Å². The van der Waals surface area contributed by atoms with E-state index < -0.39 is 23.2 Å². The summed E-state index contributed by atoms with van der Waals surface area (Å²) in [4.78, 5) is 59.7. The van der Waals surface area contributed by atoms with Gasteiger partial charge in [-0.2, -0.15) is 0 Å². The molecule has 0 radical (unpaired) electrons. The zero-order valence-electron chi connectivity index (χ0n) is 29.4. The van der Waals surface area contributed by atoms with Crippen LogP contribution in [-0.4, -0.2) is 107 Å². The lowest BCUT2D eigenvalue weighted by Gasteiger charge is -2.37. The Morgan fingerprint density at radius 2 is 1.69 bits per heavy atom. The fourth-order valence-electron chi connectivity index (χ4n) is 7.64. The number of carboxylic acid groups (broad SMARTS) is 1. The largest absolute Gasteiger partial charge is 0.495 e. The number of nitrogens with one attached hydrogen (secondary N) is 1. The van der Waals surface area contributed by atoms with Gasteiger partial charge in [0.15, 0.2) is 0 Å². The lowest BCUT2D eigenvalue weighted by atomic mass is 9.77. The van der Waals surface area contributed by atoms with Gasteiger partial charge in [-0.25, -0.2) is 4.79 Å². The first-order valence-electron chi connectivity index (χ1n) is 17.1. The van der Waals surface area contributed by atoms with Crippen molar-refractivity contribution in [2.24, 2.45) is 12.8 Å². The van der Waals surface area contributed by atoms with Crippen LogP contribution in [0, 0.1) is 0 Å². The summed E-state index contributed by atoms with van der Waals surface area (Å²) in [7, 11) is 5.14. The van der Waals surface area contributed by atoms with Gasteiger partial charge >= 0.3 is 5.97 Å². The number of amides is 3. The number of hydrogen-bond acceptors (Lipinski definition) is 7. The number of carbonyl (C=O) groups is 4. The van der Waals surface area contributed by atoms with Crippen molar-refractivity contribution in [3.05, 3.63) is 52.2 Å². The van der Waals surface area contributed by atoms with E-state index in [-0.39, 0.29) is 40.6 Å². The first-order chi connectivity index (χ1) is 23.2. The summed E-state index contributed by atoms with van der Waals surface area (Å²) in [6.07, 6.45) is 3.61. The van der Waals surface area contributed by atoms with Gasteiger partial charge in [-0.1, -0.05) is 39.0 Å². The molecule has 1 aromatic heterocycles. The maximum Gasteiger partial charge on any atom is 0.353 e. The normalized spacial score (nSPS) is 19.0. The number of likely N-dealkylation sites (N-methyl/N-ethyl adjacent to an activating group) is 1. The number of methoxy groups -OCH3 is 1. The maximum absolute atomic E-state index is 14.1. The smallest absolute Gasteiger partial charge is 0.353 e. The molecular weight excluding hydrogens is 624 g/mol. The lowest BCUT2D eigenvalue weighted by Crippen LogP contribution is -2.52. The van der Waals surface area contributed by atoms with Crippen LogP contribution in [0.4, 0.5) is 0 Å². The average Bonchev–Trinajstić information content (AvgIpc) is 3.67. The molecule has 4 N–H and O–H groups in total. The number of carbonyl (C=O) groups excluding carboxylic acids is 3. The Kier molecular flexibility index (Phi) is 9.23. The minimum atomic E-state index is -1.14. The van der Waals surface area contributed by atoms with E-state index in [0.29, 0.717) is 54.8 Å². The molecule has 3 aliphatic rings. The van der Waals surface area contributed by atoms with Gasteiger partial charge in [0.1, 0.15) is 11.4 Å². The predicted octanol–water partition coefficient (Wildman–Crippen LogP) is 3.58. The van der Waals surface area contributed by atoms with Crippen LogP contribution < -0.4 is 15.8 Å². The van der Waals surface area contributed by atoms with Crippen LogP contribution in [0.15, 0.2) is 24.3 Å². The van der Waals surface area contributed by atoms with Crippen LogP contribution in [0.25, 0.3) is 22.0 Å². The number of aryl methyl sites for hydroxylation is 1. The molecule has 3 amide bonds. The summed E-state index contributed by atoms with van der Waals surface area (Å²) < 4.78 is 7.44. The van der Waals surface area contributed by atoms with Crippen molar-refractivity contribution in [3.8, 4) is 16.9 Å². The molecule has 12 nitrogen and oxygen atoms in total. The quantitative estimate of drug-likeness (QED) is 0.312. The number of primary amides is 1. The summed E-state index contributed by atoms with van der Waals surface area (Å²) in [6, 6.07) is 7.40. The Hall–Kier alpha value is -4.42. The van der Waals surface area contributed by atoms with Gasteiger partial charge in [-0.15, -0.1) is 0 Å². The second-order valence-corrected chi connectivity index (χ2v) is 14.8. The molecule has 262 valence electrons. The molecule has 0 spiro atoms. The van der Waals surface area contributed by atoms with Gasteiger partial charge in [0.2, 0.25) is 5.91 Å². The number of ether oxygens (including phenoxy) is 1. The molecule has 3 fully saturated rings. The van der Waals surface area contributed by atoms with E-state index in [1.807, 2.05) is 50.9 Å². The van der Waals surface area contributed by atoms with Crippen molar-refractivity contribution in [3.63, 3.8) is 0 Å². The van der Waals surface area contributed by atoms with Crippen LogP contribution in [0.5, 0.6) is 5.75 Å². The second kappa shape index (κ2) is 13.1. The predicted molar refractivity (Wildman–Crippen MR) is 187 cm³/mol. The number of aromatic carboxylic acids is 1. The molecule has 3 aromatic rings. The van der Waals surface area contributed by atoms with E-state index in [2.05, 4.69) is 15.1 Å². The van der Waals surface area contributed by atoms with Gasteiger partial charge in [0.25, 0.3) is 11.8 Å². The van der Waals surface area contributed by atoms with Gasteiger partial charge in [-0.05, 0) is 61.9 Å². The van der Waals surface area contributed by atoms with Gasteiger partial charge < -0.3 is 30.4 Å². The zero-order valence-corrected chi connectivity index (χ0v) is 29.4. The first-order valence-corrected chi connectivity index (χ1v) is 17.1. The third-order valence-corrected chi connectivity index (χ3v) is 10.3. The molecule has 0 bridgehead atoms. The molecule has 1 atom stereocenters. The molecule has 1 unspecified atom stereocenters. The van der Waals surface area contributed by atoms with Crippen LogP contribution in [0.1, 0.15) is 88.8 Å². The molecule has 2 aromatic carbocycles. The Morgan fingerprint density at radius 3 is 2.24 bits per heavy atom. The van der Waals surface area contributed by atoms with Crippen molar-refractivity contribution in [1.29, 1.82) is 0 Å². The number of benzene rings is 2. The highest BCUT2D eigenvalue weighted by atomic mass is 16.5. The van der Waals surface area contributed by atoms with E-state index in [4.69, 9.17) is 10.5 Å². The monoisotopic (exact) mass is 672 g/mol. The van der Waals surface area contributed by atoms with E-state index in [1.54, 1.807) is 17.7 Å². The number of nitrogens with zero attached hydrogens (tertiary/aromatic N) is 4. The Bertz CT molecular complexity index is 1830. The highest BCUT2D eigenvalue weighted by molar-refractivity contribution is 6.16. The lowest BCUT2D eigenvalue weighted by molar-refractivity contribution is -0.137. The molecule has 2 saturated heterocycles. The third kappa shape index (κ3) is 6.39. The summed E-state index contributed by atoms with van der Waals surface area (Å²) in [5.41, 5.74) is 8.50. The molecule has 12 heteroatoms. The maximum atomic E-state index is 14.1. The van der Waals surface area contributed by atoms with Crippen LogP contribution in [0.2, 0.25) is 0 Å². The Balaban J connectivity index is 1.47. The molecule has 49 heavy (non-hydrogen) atoms. The molecule has 2 aliphatic heterocycles. The van der Waals surface area contributed by atoms with E-state index in [1.165, 1.54) is 7.11 Å². The number of aromatic nitrogens is 1. The standard InChI is InChI=1S/C37H48N6O6/c1-37(2,3)25-19-24(33(38)44)32(49-6)29(34(45)39-22-12-13-22)28(25)27-23-10-7-9-21(30(23)41(5)31(27)36(47)48)20-42-15-17-43(18-16-42)35(46)26-11-8-14-40(26)4/h7,9-10,19,22,26H,8,11-18,20H2,1-6H3,(H2,38,44)(H,39,45)(H,47,48). The number of carboxylic acids is 1. The summed E-state index contributed by atoms with van der Waals surface area (Å²) >= 11 is 0. The van der Waals surface area contributed by atoms with Crippen molar-refractivity contribution in [1.82, 2.24) is 24.6 Å². The third-order valence-electron chi connectivity index (χ3n) is 10.3. The Morgan fingerprint density at radius 1 is 1.00 bits per heavy atom. The molecule has 1 aliphatic carbocycles. The highest BCUT2D eigenvalue weighted by Crippen LogP contribution is 2.47. The number of likely N-dealkylation sites (tertiary alicyclic amines) is 1. The van der Waals surface area contributed by atoms with E-state index >= 15 is 0 Å². The Labute approximate surface area is 287 Å². The van der Waals surface area contributed by atoms with Crippen molar-refractivity contribution >= 4 is 34.6 Å². The number of nitrogens with two attached hydrogens (primary N) is 1. The highest BCUT2D eigenvalue weighted by Gasteiger charge is 2.37. The summed E-state index contributed by atoms with van der Waals surface area (Å²) in [5.74, 6) is -2.10. The number of piperazine rings is 1. The number of hydrogen-bond donors (Lipinski definition) is 3. The van der Waals surface area contributed by atoms with Crippen LogP contribution >= 0.6 is 0 Å². The van der Waals surface area contributed by atoms with Crippen molar-refractivity contribution in [2.45, 2.75) is 70.5 Å². The fraction of sp³-hybridized carbons (Fsp3) is 0.514. The molecule has 1 saturated carbocycles. The second-order valence-electron chi connectivity index (χ2n) is 14.8. The summed E-state index contributed by atoms with van der Waals surface area (Å²) in [6.45, 7) is 10.1. The van der Waals surface area contributed by atoms with Crippen molar-refractivity contribution < 1.29 is 29.0 Å². The minimum absolute atomic E-state index is 0.00623. The number of fused-ring (bicyclic) bond motifs is 1. The SMILES string of the molecule is COc1c(C(N)=O)cc(C(C)(C)C)c(-c2c(C(=O)O)n(C)c3c(CN4CCN(C(=O)C5CCCN5C)CC4)cccc23)c1C(=O)NC1CC1. The van der Waals surface area contributed by atoms with Crippen molar-refractivity contribution in [2.75, 3.05) is 46.9 Å². The number of rotatable bonds is 9. The first kappa shape index (κ1) is 34.4. The summed E-state index contributed by atoms with van der Waals surface area (Å²) in [5, 5.41) is 14.5. The topological polar surface area (TPSA) is 150 Å². The van der Waals surface area contributed by atoms with Gasteiger partial charge in [-0.3, -0.25) is 24.2 Å². The van der Waals surface area contributed by atoms with E-state index in [0.717, 1.165) is 43.3 Å². The minimum Gasteiger partial charge on any atom is -0.495 e. The fourth-order valence-corrected chi connectivity index (χ4v) is 7.64. The van der Waals surface area contributed by atoms with Crippen LogP contribution in [-0.2, 0) is 23.8 Å². The average molecular weight is 673 g/mol. The van der Waals surface area contributed by atoms with E-state index in [9.17, 15) is 24.3 Å². The molecular formula is C37H48N6O6. The number of para-hydroxylation sites is 1. The molecule has 3 heterocycles. The molecule has 6 rings (SSSR count).